The van der Waals surface area contributed by atoms with Crippen molar-refractivity contribution >= 4 is 22.1 Å². The monoisotopic (exact) mass is 386 g/mol. The van der Waals surface area contributed by atoms with Gasteiger partial charge < -0.3 is 19.6 Å². The summed E-state index contributed by atoms with van der Waals surface area (Å²) in [5.74, 6) is -0.540. The Bertz CT molecular complexity index is 748. The van der Waals surface area contributed by atoms with Gasteiger partial charge in [0.25, 0.3) is 10.1 Å². The molecule has 1 unspecified atom stereocenters. The summed E-state index contributed by atoms with van der Waals surface area (Å²) in [6.45, 7) is 0.147. The maximum absolute atomic E-state index is 12.8. The summed E-state index contributed by atoms with van der Waals surface area (Å²) in [7, 11) is -2.18. The van der Waals surface area contributed by atoms with E-state index in [0.717, 1.165) is 16.7 Å². The number of nitrogens with zero attached hydrogens (tertiary/aromatic N) is 2. The fourth-order valence-electron chi connectivity index (χ4n) is 2.66. The van der Waals surface area contributed by atoms with E-state index in [-0.39, 0.29) is 38.7 Å². The van der Waals surface area contributed by atoms with Crippen LogP contribution in [0.15, 0.2) is 24.3 Å². The standard InChI is InChI=1S/C16H22N2O7S/c1-24-14-5-3-12(4-6-14)9-17-7-8-18(16(20)21)10-13(15(17)19)11-25-26(2,22)23/h3-6,13H,7-11H2,1-2H3,(H,20,21). The topological polar surface area (TPSA) is 113 Å². The molecule has 1 aliphatic heterocycles. The number of carbonyl (C=O) groups is 2. The van der Waals surface area contributed by atoms with Gasteiger partial charge in [-0.05, 0) is 17.7 Å². The zero-order valence-corrected chi connectivity index (χ0v) is 15.4. The minimum absolute atomic E-state index is 0.108. The van der Waals surface area contributed by atoms with Crippen LogP contribution in [-0.2, 0) is 25.6 Å². The molecule has 0 aromatic heterocycles. The SMILES string of the molecule is COc1ccc(CN2CCN(C(=O)O)CC(COS(C)(=O)=O)C2=O)cc1. The van der Waals surface area contributed by atoms with Crippen LogP contribution in [0.4, 0.5) is 4.79 Å². The lowest BCUT2D eigenvalue weighted by molar-refractivity contribution is -0.136. The Morgan fingerprint density at radius 2 is 1.92 bits per heavy atom. The number of carbonyl (C=O) groups excluding carboxylic acids is 1. The molecule has 26 heavy (non-hydrogen) atoms. The number of hydrogen-bond donors (Lipinski definition) is 1. The molecule has 1 fully saturated rings. The third-order valence-electron chi connectivity index (χ3n) is 4.03. The number of rotatable bonds is 6. The average Bonchev–Trinajstić information content (AvgIpc) is 2.73. The smallest absolute Gasteiger partial charge is 0.407 e. The lowest BCUT2D eigenvalue weighted by Crippen LogP contribution is -2.39. The Labute approximate surface area is 152 Å². The summed E-state index contributed by atoms with van der Waals surface area (Å²) in [6.07, 6.45) is -0.272. The molecule has 0 spiro atoms. The van der Waals surface area contributed by atoms with Gasteiger partial charge in [-0.25, -0.2) is 4.79 Å². The van der Waals surface area contributed by atoms with Crippen LogP contribution in [0.3, 0.4) is 0 Å². The van der Waals surface area contributed by atoms with Crippen molar-refractivity contribution in [2.24, 2.45) is 5.92 Å². The fourth-order valence-corrected chi connectivity index (χ4v) is 3.07. The zero-order chi connectivity index (χ0) is 19.3. The summed E-state index contributed by atoms with van der Waals surface area (Å²) >= 11 is 0. The summed E-state index contributed by atoms with van der Waals surface area (Å²) in [5.41, 5.74) is 0.853. The Hall–Kier alpha value is -2.33. The third kappa shape index (κ3) is 5.60. The first-order valence-corrected chi connectivity index (χ1v) is 9.75. The summed E-state index contributed by atoms with van der Waals surface area (Å²) in [6, 6.07) is 7.17. The maximum atomic E-state index is 12.8. The van der Waals surface area contributed by atoms with E-state index in [1.165, 1.54) is 4.90 Å². The van der Waals surface area contributed by atoms with Crippen molar-refractivity contribution in [1.82, 2.24) is 9.80 Å². The van der Waals surface area contributed by atoms with Crippen LogP contribution in [0, 0.1) is 5.92 Å². The molecule has 1 atom stereocenters. The van der Waals surface area contributed by atoms with Crippen LogP contribution < -0.4 is 4.74 Å². The maximum Gasteiger partial charge on any atom is 0.407 e. The minimum atomic E-state index is -3.73. The number of amides is 2. The second-order valence-electron chi connectivity index (χ2n) is 6.02. The van der Waals surface area contributed by atoms with Crippen molar-refractivity contribution in [3.8, 4) is 5.75 Å². The molecule has 1 saturated heterocycles. The molecule has 0 saturated carbocycles. The molecule has 2 amide bonds. The van der Waals surface area contributed by atoms with E-state index >= 15 is 0 Å². The van der Waals surface area contributed by atoms with Gasteiger partial charge in [-0.15, -0.1) is 0 Å². The van der Waals surface area contributed by atoms with Crippen molar-refractivity contribution in [3.63, 3.8) is 0 Å². The lowest BCUT2D eigenvalue weighted by Gasteiger charge is -2.23. The van der Waals surface area contributed by atoms with Gasteiger partial charge in [-0.1, -0.05) is 12.1 Å². The van der Waals surface area contributed by atoms with Crippen LogP contribution in [0.2, 0.25) is 0 Å². The number of hydrogen-bond acceptors (Lipinski definition) is 6. The van der Waals surface area contributed by atoms with Crippen molar-refractivity contribution < 1.29 is 32.0 Å². The molecule has 1 aliphatic rings. The van der Waals surface area contributed by atoms with Gasteiger partial charge in [0.15, 0.2) is 0 Å². The van der Waals surface area contributed by atoms with Crippen LogP contribution in [-0.4, -0.2) is 74.9 Å². The third-order valence-corrected chi connectivity index (χ3v) is 4.59. The highest BCUT2D eigenvalue weighted by Gasteiger charge is 2.33. The number of methoxy groups -OCH3 is 1. The Morgan fingerprint density at radius 3 is 2.46 bits per heavy atom. The molecule has 0 bridgehead atoms. The van der Waals surface area contributed by atoms with Crippen LogP contribution in [0.1, 0.15) is 5.56 Å². The first-order valence-electron chi connectivity index (χ1n) is 7.93. The summed E-state index contributed by atoms with van der Waals surface area (Å²) < 4.78 is 32.3. The largest absolute Gasteiger partial charge is 0.497 e. The first kappa shape index (κ1) is 20.0. The van der Waals surface area contributed by atoms with Gasteiger partial charge in [0.05, 0.1) is 25.9 Å². The zero-order valence-electron chi connectivity index (χ0n) is 14.6. The highest BCUT2D eigenvalue weighted by molar-refractivity contribution is 7.85. The summed E-state index contributed by atoms with van der Waals surface area (Å²) in [4.78, 5) is 26.7. The van der Waals surface area contributed by atoms with E-state index in [1.807, 2.05) is 12.1 Å². The molecule has 10 heteroatoms. The average molecular weight is 386 g/mol. The second kappa shape index (κ2) is 8.37. The molecule has 0 aliphatic carbocycles. The second-order valence-corrected chi connectivity index (χ2v) is 7.67. The van der Waals surface area contributed by atoms with E-state index in [2.05, 4.69) is 0 Å². The van der Waals surface area contributed by atoms with Crippen LogP contribution in [0.25, 0.3) is 0 Å². The van der Waals surface area contributed by atoms with Crippen LogP contribution >= 0.6 is 0 Å². The highest BCUT2D eigenvalue weighted by Crippen LogP contribution is 2.18. The van der Waals surface area contributed by atoms with E-state index in [9.17, 15) is 23.1 Å². The number of benzene rings is 1. The van der Waals surface area contributed by atoms with Gasteiger partial charge in [0.2, 0.25) is 5.91 Å². The molecule has 144 valence electrons. The Morgan fingerprint density at radius 1 is 1.27 bits per heavy atom. The molecule has 9 nitrogen and oxygen atoms in total. The van der Waals surface area contributed by atoms with Crippen LogP contribution in [0.5, 0.6) is 5.75 Å². The van der Waals surface area contributed by atoms with Gasteiger partial charge in [-0.2, -0.15) is 8.42 Å². The van der Waals surface area contributed by atoms with Crippen molar-refractivity contribution in [3.05, 3.63) is 29.8 Å². The molecule has 1 aromatic rings. The van der Waals surface area contributed by atoms with E-state index in [4.69, 9.17) is 8.92 Å². The van der Waals surface area contributed by atoms with Gasteiger partial charge >= 0.3 is 6.09 Å². The van der Waals surface area contributed by atoms with E-state index in [1.54, 1.807) is 19.2 Å². The number of carboxylic acid groups (broad SMARTS) is 1. The van der Waals surface area contributed by atoms with Gasteiger partial charge in [0, 0.05) is 26.2 Å². The van der Waals surface area contributed by atoms with Gasteiger partial charge in [0.1, 0.15) is 5.75 Å². The first-order chi connectivity index (χ1) is 12.2. The van der Waals surface area contributed by atoms with Gasteiger partial charge in [-0.3, -0.25) is 8.98 Å². The van der Waals surface area contributed by atoms with Crippen molar-refractivity contribution in [2.45, 2.75) is 6.54 Å². The molecule has 2 rings (SSSR count). The molecule has 0 radical (unpaired) electrons. The minimum Gasteiger partial charge on any atom is -0.497 e. The summed E-state index contributed by atoms with van der Waals surface area (Å²) in [5, 5.41) is 9.25. The quantitative estimate of drug-likeness (QED) is 0.713. The molecular weight excluding hydrogens is 364 g/mol. The molecule has 1 aromatic carbocycles. The Balaban J connectivity index is 2.15. The van der Waals surface area contributed by atoms with E-state index < -0.39 is 22.1 Å². The predicted octanol–water partition coefficient (Wildman–Crippen LogP) is 0.610. The normalized spacial score (nSPS) is 18.5. The predicted molar refractivity (Wildman–Crippen MR) is 92.3 cm³/mol. The van der Waals surface area contributed by atoms with Crippen molar-refractivity contribution in [2.75, 3.05) is 39.6 Å². The number of ether oxygens (including phenoxy) is 1. The van der Waals surface area contributed by atoms with E-state index in [0.29, 0.717) is 5.75 Å². The molecular formula is C16H22N2O7S. The lowest BCUT2D eigenvalue weighted by atomic mass is 10.1. The van der Waals surface area contributed by atoms with Crippen molar-refractivity contribution in [1.29, 1.82) is 0 Å². The molecule has 1 heterocycles. The highest BCUT2D eigenvalue weighted by atomic mass is 32.2. The molecule has 1 N–H and O–H groups in total. The Kier molecular flexibility index (Phi) is 6.43. The fraction of sp³-hybridized carbons (Fsp3) is 0.500.